The minimum absolute atomic E-state index is 0.0749. The SMILES string of the molecule is CCCCCCCCCC(=O)N[C@@H](CCCN)C(=O)N[C@@H](CCCN)C(=O)N[C@@H](Cc1c[nH]c2ccccc12)C(=O)N[C@@H](Cc1c[nH]c2ccccc12)C(N)=O. The Bertz CT molecular complexity index is 1870. The second-order valence-corrected chi connectivity index (χ2v) is 14.6. The number of benzene rings is 2. The van der Waals surface area contributed by atoms with Crippen LogP contribution in [0.4, 0.5) is 0 Å². The number of fused-ring (bicyclic) bond motifs is 2. The molecular weight excluding hydrogens is 711 g/mol. The van der Waals surface area contributed by atoms with E-state index in [1.807, 2.05) is 48.5 Å². The number of amides is 5. The summed E-state index contributed by atoms with van der Waals surface area (Å²) in [6.07, 6.45) is 12.9. The Morgan fingerprint density at radius 3 is 1.55 bits per heavy atom. The van der Waals surface area contributed by atoms with Crippen molar-refractivity contribution in [2.75, 3.05) is 13.1 Å². The van der Waals surface area contributed by atoms with Crippen molar-refractivity contribution in [1.29, 1.82) is 0 Å². The van der Waals surface area contributed by atoms with E-state index in [1.165, 1.54) is 19.3 Å². The van der Waals surface area contributed by atoms with Gasteiger partial charge in [-0.15, -0.1) is 0 Å². The molecule has 0 aliphatic rings. The maximum Gasteiger partial charge on any atom is 0.243 e. The quantitative estimate of drug-likeness (QED) is 0.0430. The molecule has 4 aromatic rings. The molecule has 5 amide bonds. The Balaban J connectivity index is 1.49. The summed E-state index contributed by atoms with van der Waals surface area (Å²) in [5.74, 6) is -2.70. The minimum atomic E-state index is -1.15. The second-order valence-electron chi connectivity index (χ2n) is 14.6. The lowest BCUT2D eigenvalue weighted by Crippen LogP contribution is -2.58. The summed E-state index contributed by atoms with van der Waals surface area (Å²) < 4.78 is 0. The molecule has 0 bridgehead atoms. The van der Waals surface area contributed by atoms with Gasteiger partial charge in [0.2, 0.25) is 29.5 Å². The highest BCUT2D eigenvalue weighted by Crippen LogP contribution is 2.21. The zero-order chi connectivity index (χ0) is 40.3. The summed E-state index contributed by atoms with van der Waals surface area (Å²) in [4.78, 5) is 73.9. The predicted octanol–water partition coefficient (Wildman–Crippen LogP) is 3.48. The van der Waals surface area contributed by atoms with Gasteiger partial charge in [-0.25, -0.2) is 0 Å². The first kappa shape index (κ1) is 43.5. The van der Waals surface area contributed by atoms with Gasteiger partial charge in [0.15, 0.2) is 0 Å². The standard InChI is InChI=1S/C42H61N9O5/c1-2-3-4-5-6-7-8-21-38(52)48-34(19-13-22-43)40(54)49-35(20-14-23-44)41(55)51-37(25-29-27-47-33-18-12-10-16-31(29)33)42(56)50-36(39(45)53)24-28-26-46-32-17-11-9-15-30(28)32/h9-12,15-18,26-27,34-37,46-47H,2-8,13-14,19-25,43-44H2,1H3,(H2,45,53)(H,48,52)(H,49,54)(H,50,56)(H,51,55)/t34-,35-,36-,37-/m0/s1. The highest BCUT2D eigenvalue weighted by atomic mass is 16.2. The number of primary amides is 1. The van der Waals surface area contributed by atoms with E-state index in [9.17, 15) is 24.0 Å². The molecule has 0 saturated carbocycles. The Kier molecular flexibility index (Phi) is 17.9. The predicted molar refractivity (Wildman–Crippen MR) is 220 cm³/mol. The van der Waals surface area contributed by atoms with Crippen LogP contribution >= 0.6 is 0 Å². The maximum atomic E-state index is 14.1. The van der Waals surface area contributed by atoms with Crippen molar-refractivity contribution in [2.24, 2.45) is 17.2 Å². The van der Waals surface area contributed by atoms with E-state index in [-0.39, 0.29) is 31.7 Å². The molecule has 14 heteroatoms. The number of carbonyl (C=O) groups excluding carboxylic acids is 5. The molecule has 2 aromatic heterocycles. The van der Waals surface area contributed by atoms with Crippen LogP contribution in [0.5, 0.6) is 0 Å². The lowest BCUT2D eigenvalue weighted by molar-refractivity contribution is -0.134. The summed E-state index contributed by atoms with van der Waals surface area (Å²) in [5.41, 5.74) is 20.7. The number of para-hydroxylation sites is 2. The number of carbonyl (C=O) groups is 5. The second kappa shape index (κ2) is 23.0. The normalized spacial score (nSPS) is 13.5. The van der Waals surface area contributed by atoms with Crippen LogP contribution in [0, 0.1) is 0 Å². The number of rotatable bonds is 26. The molecule has 2 aromatic carbocycles. The Labute approximate surface area is 329 Å². The molecule has 0 radical (unpaired) electrons. The van der Waals surface area contributed by atoms with Crippen molar-refractivity contribution < 1.29 is 24.0 Å². The van der Waals surface area contributed by atoms with E-state index in [0.29, 0.717) is 32.2 Å². The van der Waals surface area contributed by atoms with E-state index in [0.717, 1.165) is 58.6 Å². The molecule has 0 spiro atoms. The van der Waals surface area contributed by atoms with E-state index in [2.05, 4.69) is 38.2 Å². The molecule has 0 aliphatic carbocycles. The molecule has 2 heterocycles. The third-order valence-corrected chi connectivity index (χ3v) is 10.2. The monoisotopic (exact) mass is 771 g/mol. The topological polar surface area (TPSA) is 243 Å². The number of aromatic nitrogens is 2. The smallest absolute Gasteiger partial charge is 0.243 e. The molecule has 304 valence electrons. The Morgan fingerprint density at radius 2 is 1.02 bits per heavy atom. The Morgan fingerprint density at radius 1 is 0.571 bits per heavy atom. The van der Waals surface area contributed by atoms with Crippen LogP contribution in [-0.2, 0) is 36.8 Å². The largest absolute Gasteiger partial charge is 0.368 e. The zero-order valence-electron chi connectivity index (χ0n) is 32.7. The van der Waals surface area contributed by atoms with Crippen LogP contribution in [0.25, 0.3) is 21.8 Å². The van der Waals surface area contributed by atoms with Gasteiger partial charge in [0.1, 0.15) is 24.2 Å². The summed E-state index contributed by atoms with van der Waals surface area (Å²) in [5, 5.41) is 13.1. The van der Waals surface area contributed by atoms with Crippen LogP contribution in [0.15, 0.2) is 60.9 Å². The first-order valence-electron chi connectivity index (χ1n) is 20.1. The third kappa shape index (κ3) is 13.2. The van der Waals surface area contributed by atoms with Gasteiger partial charge in [-0.1, -0.05) is 81.8 Å². The van der Waals surface area contributed by atoms with E-state index >= 15 is 0 Å². The van der Waals surface area contributed by atoms with Crippen LogP contribution < -0.4 is 38.5 Å². The Hall–Kier alpha value is -5.21. The van der Waals surface area contributed by atoms with Crippen LogP contribution in [0.1, 0.15) is 95.1 Å². The maximum absolute atomic E-state index is 14.1. The summed E-state index contributed by atoms with van der Waals surface area (Å²) in [6, 6.07) is 11.0. The molecule has 12 N–H and O–H groups in total. The highest BCUT2D eigenvalue weighted by Gasteiger charge is 2.32. The molecule has 14 nitrogen and oxygen atoms in total. The fourth-order valence-electron chi connectivity index (χ4n) is 6.98. The molecule has 0 aliphatic heterocycles. The number of unbranched alkanes of at least 4 members (excludes halogenated alkanes) is 6. The lowest BCUT2D eigenvalue weighted by Gasteiger charge is -2.26. The summed E-state index contributed by atoms with van der Waals surface area (Å²) in [7, 11) is 0. The third-order valence-electron chi connectivity index (χ3n) is 10.2. The van der Waals surface area contributed by atoms with Gasteiger partial charge in [0.25, 0.3) is 0 Å². The molecule has 4 atom stereocenters. The average molecular weight is 772 g/mol. The zero-order valence-corrected chi connectivity index (χ0v) is 32.7. The van der Waals surface area contributed by atoms with E-state index in [1.54, 1.807) is 12.4 Å². The molecule has 0 fully saturated rings. The molecule has 56 heavy (non-hydrogen) atoms. The van der Waals surface area contributed by atoms with Crippen molar-refractivity contribution >= 4 is 51.3 Å². The molecule has 0 saturated heterocycles. The van der Waals surface area contributed by atoms with Crippen LogP contribution in [0.3, 0.4) is 0 Å². The molecule has 0 unspecified atom stereocenters. The van der Waals surface area contributed by atoms with Crippen LogP contribution in [-0.4, -0.2) is 76.8 Å². The van der Waals surface area contributed by atoms with Gasteiger partial charge >= 0.3 is 0 Å². The van der Waals surface area contributed by atoms with Crippen molar-refractivity contribution in [2.45, 2.75) is 121 Å². The van der Waals surface area contributed by atoms with E-state index in [4.69, 9.17) is 17.2 Å². The van der Waals surface area contributed by atoms with E-state index < -0.39 is 47.8 Å². The highest BCUT2D eigenvalue weighted by molar-refractivity contribution is 5.96. The van der Waals surface area contributed by atoms with Crippen LogP contribution in [0.2, 0.25) is 0 Å². The number of hydrogen-bond acceptors (Lipinski definition) is 7. The van der Waals surface area contributed by atoms with Crippen molar-refractivity contribution in [3.8, 4) is 0 Å². The minimum Gasteiger partial charge on any atom is -0.368 e. The van der Waals surface area contributed by atoms with Gasteiger partial charge in [-0.3, -0.25) is 24.0 Å². The van der Waals surface area contributed by atoms with Gasteiger partial charge in [-0.2, -0.15) is 0 Å². The molecule has 4 rings (SSSR count). The first-order valence-corrected chi connectivity index (χ1v) is 20.1. The molecular formula is C42H61N9O5. The van der Waals surface area contributed by atoms with Crippen molar-refractivity contribution in [1.82, 2.24) is 31.2 Å². The fraction of sp³-hybridized carbons (Fsp3) is 0.500. The number of nitrogens with two attached hydrogens (primary N) is 3. The van der Waals surface area contributed by atoms with Gasteiger partial charge in [-0.05, 0) is 68.5 Å². The first-order chi connectivity index (χ1) is 27.1. The average Bonchev–Trinajstić information content (AvgIpc) is 3.80. The van der Waals surface area contributed by atoms with Gasteiger partial charge in [0.05, 0.1) is 0 Å². The number of aromatic amines is 2. The van der Waals surface area contributed by atoms with Crippen molar-refractivity contribution in [3.05, 3.63) is 72.1 Å². The summed E-state index contributed by atoms with van der Waals surface area (Å²) in [6.45, 7) is 2.76. The van der Waals surface area contributed by atoms with Gasteiger partial charge < -0.3 is 48.4 Å². The number of nitrogens with one attached hydrogen (secondary N) is 6. The number of hydrogen-bond donors (Lipinski definition) is 9. The summed E-state index contributed by atoms with van der Waals surface area (Å²) >= 11 is 0. The van der Waals surface area contributed by atoms with Gasteiger partial charge in [0, 0.05) is 53.5 Å². The number of H-pyrrole nitrogens is 2. The fourth-order valence-corrected chi connectivity index (χ4v) is 6.98. The lowest BCUT2D eigenvalue weighted by atomic mass is 10.0. The van der Waals surface area contributed by atoms with Crippen molar-refractivity contribution in [3.63, 3.8) is 0 Å².